The molecule has 4 rings (SSSR count). The Kier molecular flexibility index (Phi) is 17.2. The third-order valence-corrected chi connectivity index (χ3v) is 10.2. The van der Waals surface area contributed by atoms with Crippen LogP contribution in [0.3, 0.4) is 0 Å². The Morgan fingerprint density at radius 1 is 0.542 bits per heavy atom. The van der Waals surface area contributed by atoms with E-state index in [1.54, 1.807) is 0 Å². The topological polar surface area (TPSA) is 458 Å². The summed E-state index contributed by atoms with van der Waals surface area (Å²) in [7, 11) is -10.7. The first-order chi connectivity index (χ1) is 27.3. The Bertz CT molecular complexity index is 1630. The van der Waals surface area contributed by atoms with Crippen LogP contribution in [0.5, 0.6) is 0 Å². The average Bonchev–Trinajstić information content (AvgIpc) is 3.13. The predicted molar refractivity (Wildman–Crippen MR) is 174 cm³/mol. The smallest absolute Gasteiger partial charge is 0.217 e. The number of aliphatic hydroxyl groups excluding tert-OH is 10. The van der Waals surface area contributed by atoms with E-state index in [0.717, 1.165) is 13.8 Å². The van der Waals surface area contributed by atoms with Crippen LogP contribution in [0.1, 0.15) is 13.8 Å². The number of carbonyl (C=O) groups is 2. The second kappa shape index (κ2) is 20.5. The number of nitrogens with one attached hydrogen (secondary N) is 2. The maximum atomic E-state index is 12.4. The lowest BCUT2D eigenvalue weighted by Gasteiger charge is -2.48. The Hall–Kier alpha value is -2.00. The summed E-state index contributed by atoms with van der Waals surface area (Å²) in [6, 6.07) is -3.37. The summed E-state index contributed by atoms with van der Waals surface area (Å²) in [4.78, 5) is 24.4. The highest BCUT2D eigenvalue weighted by molar-refractivity contribution is 7.81. The normalized spacial score (nSPS) is 43.5. The highest BCUT2D eigenvalue weighted by Gasteiger charge is 2.54. The maximum absolute atomic E-state index is 12.4. The van der Waals surface area contributed by atoms with Crippen LogP contribution < -0.4 is 10.6 Å². The molecule has 0 unspecified atom stereocenters. The van der Waals surface area contributed by atoms with Crippen LogP contribution in [0.2, 0.25) is 0 Å². The van der Waals surface area contributed by atoms with Crippen LogP contribution in [-0.2, 0) is 71.9 Å². The van der Waals surface area contributed by atoms with Gasteiger partial charge < -0.3 is 104 Å². The minimum absolute atomic E-state index is 0.822. The molecule has 4 aliphatic rings. The summed E-state index contributed by atoms with van der Waals surface area (Å²) in [5.41, 5.74) is 0. The van der Waals surface area contributed by atoms with E-state index in [1.807, 2.05) is 0 Å². The van der Waals surface area contributed by atoms with Crippen LogP contribution in [0.4, 0.5) is 0 Å². The van der Waals surface area contributed by atoms with Gasteiger partial charge in [-0.15, -0.1) is 0 Å². The van der Waals surface area contributed by atoms with Crippen molar-refractivity contribution < 1.29 is 128 Å². The molecule has 20 atom stereocenters. The molecular formula is C28H46N2O27S2-2. The molecule has 4 fully saturated rings. The van der Waals surface area contributed by atoms with E-state index in [0.29, 0.717) is 0 Å². The number of rotatable bonds is 16. The van der Waals surface area contributed by atoms with Crippen LogP contribution in [0, 0.1) is 0 Å². The predicted octanol–water partition coefficient (Wildman–Crippen LogP) is -10.5. The first-order valence-electron chi connectivity index (χ1n) is 17.4. The van der Waals surface area contributed by atoms with E-state index in [4.69, 9.17) is 33.2 Å². The van der Waals surface area contributed by atoms with Crippen molar-refractivity contribution in [3.8, 4) is 0 Å². The van der Waals surface area contributed by atoms with Gasteiger partial charge in [-0.1, -0.05) is 0 Å². The fourth-order valence-corrected chi connectivity index (χ4v) is 7.12. The fraction of sp³-hybridized carbons (Fsp3) is 0.929. The Balaban J connectivity index is 1.56. The van der Waals surface area contributed by atoms with Crippen molar-refractivity contribution in [1.82, 2.24) is 10.6 Å². The molecule has 2 amide bonds. The van der Waals surface area contributed by atoms with Crippen LogP contribution in [-0.4, -0.2) is 238 Å². The van der Waals surface area contributed by atoms with Gasteiger partial charge in [0.2, 0.25) is 32.6 Å². The molecule has 0 bridgehead atoms. The van der Waals surface area contributed by atoms with E-state index in [-0.39, 0.29) is 0 Å². The zero-order chi connectivity index (χ0) is 44.3. The molecule has 0 aromatic heterocycles. The van der Waals surface area contributed by atoms with Crippen LogP contribution in [0.15, 0.2) is 0 Å². The minimum atomic E-state index is -5.34. The van der Waals surface area contributed by atoms with Crippen molar-refractivity contribution in [2.24, 2.45) is 0 Å². The molecule has 4 aliphatic heterocycles. The van der Waals surface area contributed by atoms with Crippen molar-refractivity contribution in [1.29, 1.82) is 0 Å². The highest BCUT2D eigenvalue weighted by atomic mass is 32.3. The number of hydrogen-bond acceptors (Lipinski definition) is 27. The second-order valence-electron chi connectivity index (χ2n) is 13.7. The standard InChI is InChI=1S/C28H48N2O27S2/c1-7(32)29-13-23(56-27-21(40)19(38)15(34)11(54-27)5-50-58(43,44)45)18(37)10(52-25(13)42)4-49-26-14(30-8(2)33)24(17(36)9(3-31)53-26)57-28-22(41)20(39)16(35)12(55-28)6-51-59(46,47)48/h9-28,31,34-42H,3-6H2,1-2H3,(H,29,32)(H,30,33)(H,43,44,45)(H,46,47,48)/p-2/t9-,10-,11-,12-,13-,14-,15-,16-,17+,18+,19+,20+,21-,22-,23-,24-,25-,26-,27+,28+/m1/s1. The summed E-state index contributed by atoms with van der Waals surface area (Å²) in [5, 5.41) is 111. The van der Waals surface area contributed by atoms with E-state index in [2.05, 4.69) is 19.0 Å². The van der Waals surface area contributed by atoms with Crippen molar-refractivity contribution in [2.45, 2.75) is 137 Å². The van der Waals surface area contributed by atoms with Crippen molar-refractivity contribution >= 4 is 32.6 Å². The van der Waals surface area contributed by atoms with Crippen molar-refractivity contribution in [3.05, 3.63) is 0 Å². The van der Waals surface area contributed by atoms with E-state index < -0.39 is 182 Å². The van der Waals surface area contributed by atoms with Gasteiger partial charge in [0.15, 0.2) is 25.2 Å². The second-order valence-corrected chi connectivity index (χ2v) is 15.8. The maximum Gasteiger partial charge on any atom is 0.217 e. The SMILES string of the molecule is CC(=O)N[C@@H]1[C@@H](O[C@@H]2O[C@H](COS(=O)(=O)[O-])[C@@H](O)[C@H](O)[C@H]2O)[C@@H](O)[C@@H](CO[C@@H]2O[C@H](CO)[C@H](O)[C@H](O[C@@H]3O[C@H](COS(=O)(=O)[O-])[C@@H](O)[C@H](O)[C@H]3O)[C@H]2NC(C)=O)O[C@H]1O. The Labute approximate surface area is 334 Å². The van der Waals surface area contributed by atoms with Gasteiger partial charge in [-0.05, 0) is 0 Å². The van der Waals surface area contributed by atoms with Crippen LogP contribution >= 0.6 is 0 Å². The zero-order valence-corrected chi connectivity index (χ0v) is 32.2. The lowest BCUT2D eigenvalue weighted by molar-refractivity contribution is -0.353. The molecule has 29 nitrogen and oxygen atoms in total. The van der Waals surface area contributed by atoms with Crippen LogP contribution in [0.25, 0.3) is 0 Å². The molecule has 0 aromatic carbocycles. The quantitative estimate of drug-likeness (QED) is 0.0505. The van der Waals surface area contributed by atoms with Gasteiger partial charge in [0.05, 0.1) is 26.4 Å². The van der Waals surface area contributed by atoms with Gasteiger partial charge in [-0.3, -0.25) is 18.0 Å². The molecule has 0 saturated carbocycles. The molecule has 0 spiro atoms. The third-order valence-electron chi connectivity index (χ3n) is 9.38. The zero-order valence-electron chi connectivity index (χ0n) is 30.6. The average molecular weight is 907 g/mol. The molecular weight excluding hydrogens is 860 g/mol. The molecule has 4 saturated heterocycles. The Morgan fingerprint density at radius 2 is 0.932 bits per heavy atom. The van der Waals surface area contributed by atoms with E-state index in [1.165, 1.54) is 0 Å². The highest BCUT2D eigenvalue weighted by Crippen LogP contribution is 2.33. The lowest BCUT2D eigenvalue weighted by Crippen LogP contribution is -2.69. The molecule has 4 heterocycles. The minimum Gasteiger partial charge on any atom is -0.726 e. The Morgan fingerprint density at radius 3 is 1.36 bits per heavy atom. The molecule has 59 heavy (non-hydrogen) atoms. The molecule has 12 N–H and O–H groups in total. The molecule has 31 heteroatoms. The largest absolute Gasteiger partial charge is 0.726 e. The number of ether oxygens (including phenoxy) is 7. The number of amides is 2. The monoisotopic (exact) mass is 906 g/mol. The van der Waals surface area contributed by atoms with Gasteiger partial charge >= 0.3 is 0 Å². The van der Waals surface area contributed by atoms with Gasteiger partial charge in [-0.25, -0.2) is 16.8 Å². The molecule has 0 aromatic rings. The summed E-state index contributed by atoms with van der Waals surface area (Å²) in [6.07, 6.45) is -35.5. The van der Waals surface area contributed by atoms with E-state index in [9.17, 15) is 86.6 Å². The van der Waals surface area contributed by atoms with Crippen molar-refractivity contribution in [3.63, 3.8) is 0 Å². The molecule has 344 valence electrons. The van der Waals surface area contributed by atoms with E-state index >= 15 is 0 Å². The summed E-state index contributed by atoms with van der Waals surface area (Å²) < 4.78 is 113. The van der Waals surface area contributed by atoms with Gasteiger partial charge in [-0.2, -0.15) is 0 Å². The number of aliphatic hydroxyl groups is 10. The molecule has 0 aliphatic carbocycles. The van der Waals surface area contributed by atoms with Gasteiger partial charge in [0.25, 0.3) is 0 Å². The lowest BCUT2D eigenvalue weighted by atomic mass is 9.94. The first-order valence-corrected chi connectivity index (χ1v) is 20.0. The first kappa shape index (κ1) is 49.7. The van der Waals surface area contributed by atoms with Gasteiger partial charge in [0.1, 0.15) is 97.5 Å². The summed E-state index contributed by atoms with van der Waals surface area (Å²) in [5.74, 6) is -1.66. The number of carbonyl (C=O) groups excluding carboxylic acids is 2. The summed E-state index contributed by atoms with van der Waals surface area (Å²) >= 11 is 0. The van der Waals surface area contributed by atoms with Gasteiger partial charge in [0, 0.05) is 13.8 Å². The summed E-state index contributed by atoms with van der Waals surface area (Å²) in [6.45, 7) is -2.23. The fourth-order valence-electron chi connectivity index (χ4n) is 6.52. The molecule has 0 radical (unpaired) electrons. The third kappa shape index (κ3) is 12.8. The number of hydrogen-bond donors (Lipinski definition) is 12. The van der Waals surface area contributed by atoms with Crippen molar-refractivity contribution in [2.75, 3.05) is 26.4 Å².